The minimum absolute atomic E-state index is 0.294. The zero-order chi connectivity index (χ0) is 15.5. The van der Waals surface area contributed by atoms with Crippen molar-refractivity contribution in [2.24, 2.45) is 0 Å². The average molecular weight is 290 g/mol. The Hall–Kier alpha value is -2.04. The summed E-state index contributed by atoms with van der Waals surface area (Å²) in [5.41, 5.74) is 1.13. The fourth-order valence-corrected chi connectivity index (χ4v) is 2.89. The Bertz CT molecular complexity index is 527. The molecule has 1 atom stereocenters. The van der Waals surface area contributed by atoms with Crippen molar-refractivity contribution < 1.29 is 14.7 Å². The van der Waals surface area contributed by atoms with E-state index in [9.17, 15) is 14.7 Å². The van der Waals surface area contributed by atoms with E-state index in [0.29, 0.717) is 25.9 Å². The first-order valence-corrected chi connectivity index (χ1v) is 7.34. The Kier molecular flexibility index (Phi) is 4.50. The van der Waals surface area contributed by atoms with Crippen molar-refractivity contribution in [2.45, 2.75) is 45.2 Å². The normalized spacial score (nSPS) is 21.3. The van der Waals surface area contributed by atoms with E-state index in [4.69, 9.17) is 0 Å². The summed E-state index contributed by atoms with van der Waals surface area (Å²) in [6.45, 7) is 4.74. The number of likely N-dealkylation sites (tertiary alicyclic amines) is 1. The van der Waals surface area contributed by atoms with Gasteiger partial charge in [-0.05, 0) is 31.7 Å². The first-order valence-electron chi connectivity index (χ1n) is 7.34. The van der Waals surface area contributed by atoms with E-state index >= 15 is 0 Å². The molecule has 2 rings (SSSR count). The molecule has 0 bridgehead atoms. The highest BCUT2D eigenvalue weighted by atomic mass is 16.4. The highest BCUT2D eigenvalue weighted by molar-refractivity contribution is 5.87. The van der Waals surface area contributed by atoms with Gasteiger partial charge in [0.15, 0.2) is 0 Å². The minimum atomic E-state index is -1.04. The molecule has 2 N–H and O–H groups in total. The zero-order valence-electron chi connectivity index (χ0n) is 12.6. The van der Waals surface area contributed by atoms with Crippen LogP contribution in [0.25, 0.3) is 0 Å². The molecule has 1 fully saturated rings. The van der Waals surface area contributed by atoms with E-state index in [1.54, 1.807) is 0 Å². The first kappa shape index (κ1) is 15.4. The van der Waals surface area contributed by atoms with Crippen LogP contribution in [0.4, 0.5) is 4.79 Å². The molecule has 1 aliphatic rings. The number of carbonyl (C=O) groups is 2. The average Bonchev–Trinajstić information content (AvgIpc) is 2.91. The van der Waals surface area contributed by atoms with Gasteiger partial charge in [0.2, 0.25) is 0 Å². The van der Waals surface area contributed by atoms with Crippen LogP contribution in [0.5, 0.6) is 0 Å². The number of nitrogens with one attached hydrogen (secondary N) is 1. The third-order valence-corrected chi connectivity index (χ3v) is 4.28. The monoisotopic (exact) mass is 290 g/mol. The number of rotatable bonds is 4. The van der Waals surface area contributed by atoms with E-state index < -0.39 is 11.5 Å². The smallest absolute Gasteiger partial charge is 0.329 e. The topological polar surface area (TPSA) is 69.6 Å². The number of amides is 2. The largest absolute Gasteiger partial charge is 0.479 e. The maximum Gasteiger partial charge on any atom is 0.329 e. The van der Waals surface area contributed by atoms with Crippen molar-refractivity contribution >= 4 is 12.0 Å². The molecule has 1 saturated heterocycles. The summed E-state index contributed by atoms with van der Waals surface area (Å²) in [4.78, 5) is 25.4. The number of aliphatic carboxylic acids is 1. The molecule has 114 valence electrons. The Labute approximate surface area is 125 Å². The molecular weight excluding hydrogens is 268 g/mol. The lowest BCUT2D eigenvalue weighted by molar-refractivity contribution is -0.148. The number of benzene rings is 1. The van der Waals surface area contributed by atoms with Gasteiger partial charge in [0.05, 0.1) is 0 Å². The first-order chi connectivity index (χ1) is 9.99. The van der Waals surface area contributed by atoms with Crippen LogP contribution in [0.1, 0.15) is 37.3 Å². The lowest BCUT2D eigenvalue weighted by Crippen LogP contribution is -2.55. The summed E-state index contributed by atoms with van der Waals surface area (Å²) in [7, 11) is 0. The fourth-order valence-electron chi connectivity index (χ4n) is 2.89. The van der Waals surface area contributed by atoms with Crippen LogP contribution >= 0.6 is 0 Å². The number of carbonyl (C=O) groups excluding carboxylic acids is 1. The molecule has 1 aromatic carbocycles. The minimum Gasteiger partial charge on any atom is -0.479 e. The maximum absolute atomic E-state index is 12.3. The molecule has 0 saturated carbocycles. The van der Waals surface area contributed by atoms with Crippen molar-refractivity contribution in [3.05, 3.63) is 35.4 Å². The zero-order valence-corrected chi connectivity index (χ0v) is 12.6. The van der Waals surface area contributed by atoms with Gasteiger partial charge in [-0.15, -0.1) is 0 Å². The van der Waals surface area contributed by atoms with Crippen molar-refractivity contribution in [3.63, 3.8) is 0 Å². The van der Waals surface area contributed by atoms with Crippen LogP contribution in [0, 0.1) is 6.92 Å². The summed E-state index contributed by atoms with van der Waals surface area (Å²) >= 11 is 0. The SMILES string of the molecule is CCC1(C(=O)O)CCCN1C(=O)NCc1ccc(C)cc1. The van der Waals surface area contributed by atoms with Crippen molar-refractivity contribution in [1.29, 1.82) is 0 Å². The Morgan fingerprint density at radius 3 is 2.57 bits per heavy atom. The van der Waals surface area contributed by atoms with E-state index in [1.165, 1.54) is 10.5 Å². The van der Waals surface area contributed by atoms with Crippen molar-refractivity contribution in [3.8, 4) is 0 Å². The standard InChI is InChI=1S/C16H22N2O3/c1-3-16(14(19)20)9-4-10-18(16)15(21)17-11-13-7-5-12(2)6-8-13/h5-8H,3-4,9-11H2,1-2H3,(H,17,21)(H,19,20). The van der Waals surface area contributed by atoms with Crippen LogP contribution < -0.4 is 5.32 Å². The van der Waals surface area contributed by atoms with E-state index in [2.05, 4.69) is 5.32 Å². The second-order valence-electron chi connectivity index (χ2n) is 5.59. The number of hydrogen-bond donors (Lipinski definition) is 2. The summed E-state index contributed by atoms with van der Waals surface area (Å²) in [5.74, 6) is -0.909. The quantitative estimate of drug-likeness (QED) is 0.895. The van der Waals surface area contributed by atoms with Gasteiger partial charge in [0, 0.05) is 13.1 Å². The molecule has 0 spiro atoms. The third kappa shape index (κ3) is 3.01. The highest BCUT2D eigenvalue weighted by Crippen LogP contribution is 2.32. The number of nitrogens with zero attached hydrogens (tertiary/aromatic N) is 1. The number of aryl methyl sites for hydroxylation is 1. The second-order valence-corrected chi connectivity index (χ2v) is 5.59. The predicted molar refractivity (Wildman–Crippen MR) is 80.0 cm³/mol. The van der Waals surface area contributed by atoms with Gasteiger partial charge >= 0.3 is 12.0 Å². The van der Waals surface area contributed by atoms with Gasteiger partial charge in [-0.3, -0.25) is 0 Å². The molecule has 2 amide bonds. The third-order valence-electron chi connectivity index (χ3n) is 4.28. The van der Waals surface area contributed by atoms with E-state index in [1.807, 2.05) is 38.1 Å². The van der Waals surface area contributed by atoms with Crippen LogP contribution in [0.2, 0.25) is 0 Å². The number of carboxylic acid groups (broad SMARTS) is 1. The van der Waals surface area contributed by atoms with Crippen LogP contribution in [0.15, 0.2) is 24.3 Å². The molecule has 1 aliphatic heterocycles. The predicted octanol–water partition coefficient (Wildman–Crippen LogP) is 2.53. The number of hydrogen-bond acceptors (Lipinski definition) is 2. The van der Waals surface area contributed by atoms with Crippen LogP contribution in [-0.4, -0.2) is 34.1 Å². The molecule has 0 radical (unpaired) electrons. The summed E-state index contributed by atoms with van der Waals surface area (Å²) in [6, 6.07) is 7.61. The van der Waals surface area contributed by atoms with Gasteiger partial charge in [-0.25, -0.2) is 9.59 Å². The highest BCUT2D eigenvalue weighted by Gasteiger charge is 2.48. The fraction of sp³-hybridized carbons (Fsp3) is 0.500. The van der Waals surface area contributed by atoms with Gasteiger partial charge in [-0.1, -0.05) is 36.8 Å². The lowest BCUT2D eigenvalue weighted by atomic mass is 9.93. The van der Waals surface area contributed by atoms with Gasteiger partial charge < -0.3 is 15.3 Å². The van der Waals surface area contributed by atoms with E-state index in [0.717, 1.165) is 12.0 Å². The Balaban J connectivity index is 2.02. The lowest BCUT2D eigenvalue weighted by Gasteiger charge is -2.33. The summed E-state index contributed by atoms with van der Waals surface area (Å²) in [6.07, 6.45) is 1.69. The molecule has 5 heteroatoms. The maximum atomic E-state index is 12.3. The molecule has 1 aromatic rings. The molecule has 0 aliphatic carbocycles. The summed E-state index contributed by atoms with van der Waals surface area (Å²) < 4.78 is 0. The molecular formula is C16H22N2O3. The van der Waals surface area contributed by atoms with E-state index in [-0.39, 0.29) is 6.03 Å². The Morgan fingerprint density at radius 2 is 2.00 bits per heavy atom. The molecule has 5 nitrogen and oxygen atoms in total. The van der Waals surface area contributed by atoms with Gasteiger partial charge in [0.1, 0.15) is 5.54 Å². The van der Waals surface area contributed by atoms with Gasteiger partial charge in [0.25, 0.3) is 0 Å². The molecule has 0 aromatic heterocycles. The van der Waals surface area contributed by atoms with Crippen LogP contribution in [-0.2, 0) is 11.3 Å². The second kappa shape index (κ2) is 6.16. The molecule has 1 heterocycles. The van der Waals surface area contributed by atoms with Crippen molar-refractivity contribution in [2.75, 3.05) is 6.54 Å². The van der Waals surface area contributed by atoms with Crippen molar-refractivity contribution in [1.82, 2.24) is 10.2 Å². The summed E-state index contributed by atoms with van der Waals surface area (Å²) in [5, 5.41) is 12.3. The van der Waals surface area contributed by atoms with Gasteiger partial charge in [-0.2, -0.15) is 0 Å². The number of carboxylic acids is 1. The molecule has 21 heavy (non-hydrogen) atoms. The van der Waals surface area contributed by atoms with Crippen LogP contribution in [0.3, 0.4) is 0 Å². The Morgan fingerprint density at radius 1 is 1.33 bits per heavy atom. The number of urea groups is 1. The molecule has 1 unspecified atom stereocenters.